The standard InChI is InChI=1S/C16H26N4O/c1-3-8-17-13-10-14(19-15(18-13)12-5-6-12)20-16(2)7-4-9-21-11-16/h10,12H,3-9,11H2,1-2H3,(H2,17,18,19,20). The van der Waals surface area contributed by atoms with Gasteiger partial charge in [0.2, 0.25) is 0 Å². The van der Waals surface area contributed by atoms with Crippen molar-refractivity contribution in [2.24, 2.45) is 0 Å². The molecular formula is C16H26N4O. The van der Waals surface area contributed by atoms with Crippen molar-refractivity contribution in [3.63, 3.8) is 0 Å². The van der Waals surface area contributed by atoms with Crippen LogP contribution in [-0.2, 0) is 4.74 Å². The third-order valence-corrected chi connectivity index (χ3v) is 4.11. The Balaban J connectivity index is 1.77. The average molecular weight is 290 g/mol. The van der Waals surface area contributed by atoms with E-state index in [-0.39, 0.29) is 5.54 Å². The number of nitrogens with one attached hydrogen (secondary N) is 2. The molecule has 1 atom stereocenters. The topological polar surface area (TPSA) is 59.1 Å². The lowest BCUT2D eigenvalue weighted by atomic mass is 9.95. The third kappa shape index (κ3) is 3.84. The average Bonchev–Trinajstić information content (AvgIpc) is 3.30. The van der Waals surface area contributed by atoms with Gasteiger partial charge in [0.15, 0.2) is 0 Å². The van der Waals surface area contributed by atoms with Crippen LogP contribution in [0.1, 0.15) is 57.7 Å². The van der Waals surface area contributed by atoms with Gasteiger partial charge < -0.3 is 15.4 Å². The second kappa shape index (κ2) is 6.18. The van der Waals surface area contributed by atoms with Crippen LogP contribution < -0.4 is 10.6 Å². The van der Waals surface area contributed by atoms with Crippen molar-refractivity contribution in [2.75, 3.05) is 30.4 Å². The normalized spacial score (nSPS) is 25.6. The monoisotopic (exact) mass is 290 g/mol. The molecule has 2 aliphatic rings. The van der Waals surface area contributed by atoms with Crippen molar-refractivity contribution in [3.05, 3.63) is 11.9 Å². The summed E-state index contributed by atoms with van der Waals surface area (Å²) in [6.45, 7) is 6.94. The van der Waals surface area contributed by atoms with Gasteiger partial charge in [-0.2, -0.15) is 0 Å². The third-order valence-electron chi connectivity index (χ3n) is 4.11. The van der Waals surface area contributed by atoms with Crippen molar-refractivity contribution >= 4 is 11.6 Å². The highest BCUT2D eigenvalue weighted by Gasteiger charge is 2.30. The molecule has 0 spiro atoms. The smallest absolute Gasteiger partial charge is 0.136 e. The van der Waals surface area contributed by atoms with E-state index in [1.807, 2.05) is 6.07 Å². The Morgan fingerprint density at radius 3 is 2.81 bits per heavy atom. The Morgan fingerprint density at radius 1 is 1.33 bits per heavy atom. The first-order valence-corrected chi connectivity index (χ1v) is 8.17. The second-order valence-electron chi connectivity index (χ2n) is 6.54. The van der Waals surface area contributed by atoms with Crippen LogP contribution in [0.4, 0.5) is 11.6 Å². The lowest BCUT2D eigenvalue weighted by molar-refractivity contribution is 0.0539. The zero-order valence-electron chi connectivity index (χ0n) is 13.1. The molecule has 0 aromatic carbocycles. The van der Waals surface area contributed by atoms with Gasteiger partial charge in [0.25, 0.3) is 0 Å². The minimum atomic E-state index is -0.0184. The predicted octanol–water partition coefficient (Wildman–Crippen LogP) is 3.16. The minimum Gasteiger partial charge on any atom is -0.379 e. The predicted molar refractivity (Wildman–Crippen MR) is 84.9 cm³/mol. The number of anilines is 2. The number of aromatic nitrogens is 2. The Labute approximate surface area is 126 Å². The molecule has 1 aromatic rings. The zero-order valence-corrected chi connectivity index (χ0v) is 13.1. The molecule has 1 unspecified atom stereocenters. The van der Waals surface area contributed by atoms with Crippen molar-refractivity contribution in [2.45, 2.75) is 57.4 Å². The van der Waals surface area contributed by atoms with Gasteiger partial charge in [-0.3, -0.25) is 0 Å². The first-order chi connectivity index (χ1) is 10.2. The number of hydrogen-bond acceptors (Lipinski definition) is 5. The van der Waals surface area contributed by atoms with Crippen LogP contribution in [0.15, 0.2) is 6.07 Å². The van der Waals surface area contributed by atoms with E-state index in [4.69, 9.17) is 9.72 Å². The maximum atomic E-state index is 5.62. The molecule has 2 fully saturated rings. The Hall–Kier alpha value is -1.36. The van der Waals surface area contributed by atoms with Gasteiger partial charge in [-0.1, -0.05) is 6.92 Å². The van der Waals surface area contributed by atoms with Gasteiger partial charge in [0.05, 0.1) is 12.1 Å². The van der Waals surface area contributed by atoms with Gasteiger partial charge in [-0.05, 0) is 39.0 Å². The summed E-state index contributed by atoms with van der Waals surface area (Å²) in [5.41, 5.74) is -0.0184. The molecule has 0 bridgehead atoms. The first-order valence-electron chi connectivity index (χ1n) is 8.17. The van der Waals surface area contributed by atoms with Gasteiger partial charge in [0, 0.05) is 25.1 Å². The molecule has 3 rings (SSSR count). The lowest BCUT2D eigenvalue weighted by Crippen LogP contribution is -2.43. The first kappa shape index (κ1) is 14.6. The highest BCUT2D eigenvalue weighted by Crippen LogP contribution is 2.39. The van der Waals surface area contributed by atoms with Crippen LogP contribution >= 0.6 is 0 Å². The van der Waals surface area contributed by atoms with E-state index >= 15 is 0 Å². The summed E-state index contributed by atoms with van der Waals surface area (Å²) in [4.78, 5) is 9.38. The van der Waals surface area contributed by atoms with Gasteiger partial charge in [-0.25, -0.2) is 9.97 Å². The minimum absolute atomic E-state index is 0.0184. The van der Waals surface area contributed by atoms with Crippen LogP contribution in [0.5, 0.6) is 0 Å². The molecule has 0 radical (unpaired) electrons. The molecule has 1 aliphatic heterocycles. The van der Waals surface area contributed by atoms with Crippen molar-refractivity contribution in [3.8, 4) is 0 Å². The summed E-state index contributed by atoms with van der Waals surface area (Å²) in [6, 6.07) is 2.03. The molecule has 1 saturated heterocycles. The summed E-state index contributed by atoms with van der Waals surface area (Å²) in [6.07, 6.45) is 5.75. The van der Waals surface area contributed by atoms with Crippen LogP contribution in [0, 0.1) is 0 Å². The number of hydrogen-bond donors (Lipinski definition) is 2. The van der Waals surface area contributed by atoms with E-state index in [1.54, 1.807) is 0 Å². The Kier molecular flexibility index (Phi) is 4.29. The van der Waals surface area contributed by atoms with Crippen molar-refractivity contribution in [1.29, 1.82) is 0 Å². The molecule has 1 saturated carbocycles. The second-order valence-corrected chi connectivity index (χ2v) is 6.54. The highest BCUT2D eigenvalue weighted by atomic mass is 16.5. The molecule has 0 amide bonds. The molecule has 21 heavy (non-hydrogen) atoms. The van der Waals surface area contributed by atoms with E-state index in [0.29, 0.717) is 5.92 Å². The maximum Gasteiger partial charge on any atom is 0.136 e. The van der Waals surface area contributed by atoms with Crippen molar-refractivity contribution in [1.82, 2.24) is 9.97 Å². The van der Waals surface area contributed by atoms with Crippen LogP contribution in [0.3, 0.4) is 0 Å². The summed E-state index contributed by atoms with van der Waals surface area (Å²) < 4.78 is 5.62. The largest absolute Gasteiger partial charge is 0.379 e. The fourth-order valence-electron chi connectivity index (χ4n) is 2.74. The molecule has 116 valence electrons. The van der Waals surface area contributed by atoms with Gasteiger partial charge in [-0.15, -0.1) is 0 Å². The Morgan fingerprint density at radius 2 is 2.14 bits per heavy atom. The molecule has 2 N–H and O–H groups in total. The number of nitrogens with zero attached hydrogens (tertiary/aromatic N) is 2. The highest BCUT2D eigenvalue weighted by molar-refractivity contribution is 5.49. The van der Waals surface area contributed by atoms with Crippen LogP contribution in [0.25, 0.3) is 0 Å². The summed E-state index contributed by atoms with van der Waals surface area (Å²) in [7, 11) is 0. The quantitative estimate of drug-likeness (QED) is 0.843. The van der Waals surface area contributed by atoms with E-state index in [1.165, 1.54) is 12.8 Å². The SMILES string of the molecule is CCCNc1cc(NC2(C)CCCOC2)nc(C2CC2)n1. The molecule has 5 nitrogen and oxygen atoms in total. The van der Waals surface area contributed by atoms with E-state index < -0.39 is 0 Å². The summed E-state index contributed by atoms with van der Waals surface area (Å²) in [5.74, 6) is 3.42. The Bertz CT molecular complexity index is 481. The number of ether oxygens (including phenoxy) is 1. The lowest BCUT2D eigenvalue weighted by Gasteiger charge is -2.34. The molecule has 1 aliphatic carbocycles. The summed E-state index contributed by atoms with van der Waals surface area (Å²) in [5, 5.41) is 6.97. The van der Waals surface area contributed by atoms with Crippen LogP contribution in [0.2, 0.25) is 0 Å². The van der Waals surface area contributed by atoms with E-state index in [9.17, 15) is 0 Å². The molecule has 1 aromatic heterocycles. The maximum absolute atomic E-state index is 5.62. The summed E-state index contributed by atoms with van der Waals surface area (Å²) >= 11 is 0. The molecule has 5 heteroatoms. The van der Waals surface area contributed by atoms with Gasteiger partial charge >= 0.3 is 0 Å². The van der Waals surface area contributed by atoms with E-state index in [0.717, 1.165) is 56.5 Å². The van der Waals surface area contributed by atoms with Crippen LogP contribution in [-0.4, -0.2) is 35.3 Å². The number of rotatable bonds is 6. The van der Waals surface area contributed by atoms with E-state index in [2.05, 4.69) is 29.5 Å². The fraction of sp³-hybridized carbons (Fsp3) is 0.750. The fourth-order valence-corrected chi connectivity index (χ4v) is 2.74. The zero-order chi connectivity index (χ0) is 14.7. The molecular weight excluding hydrogens is 264 g/mol. The molecule has 2 heterocycles. The van der Waals surface area contributed by atoms with Gasteiger partial charge in [0.1, 0.15) is 17.5 Å². The van der Waals surface area contributed by atoms with Crippen molar-refractivity contribution < 1.29 is 4.74 Å².